The van der Waals surface area contributed by atoms with Crippen molar-refractivity contribution in [1.82, 2.24) is 24.8 Å². The second kappa shape index (κ2) is 6.37. The number of nitrogens with zero attached hydrogens (tertiary/aromatic N) is 5. The van der Waals surface area contributed by atoms with Gasteiger partial charge in [-0.3, -0.25) is 14.8 Å². The molecule has 0 aliphatic carbocycles. The monoisotopic (exact) mass is 313 g/mol. The van der Waals surface area contributed by atoms with Crippen LogP contribution in [0.5, 0.6) is 0 Å². The summed E-state index contributed by atoms with van der Waals surface area (Å²) in [6, 6.07) is 0. The number of hydrogen-bond acceptors (Lipinski definition) is 6. The topological polar surface area (TPSA) is 92.1 Å². The molecule has 3 heterocycles. The molecule has 1 fully saturated rings. The fourth-order valence-corrected chi connectivity index (χ4v) is 2.99. The molecule has 3 rings (SSSR count). The number of carbonyl (C=O) groups excluding carboxylic acids is 1. The van der Waals surface area contributed by atoms with Gasteiger partial charge in [-0.2, -0.15) is 0 Å². The zero-order valence-electron chi connectivity index (χ0n) is 13.2. The highest BCUT2D eigenvalue weighted by atomic mass is 16.3. The number of likely N-dealkylation sites (tertiary alicyclic amines) is 1. The molecule has 0 aromatic carbocycles. The van der Waals surface area contributed by atoms with Crippen LogP contribution in [0.1, 0.15) is 27.4 Å². The lowest BCUT2D eigenvalue weighted by Crippen LogP contribution is -2.31. The molecule has 2 aromatic heterocycles. The molecule has 0 unspecified atom stereocenters. The highest BCUT2D eigenvalue weighted by Gasteiger charge is 2.35. The maximum absolute atomic E-state index is 12.7. The normalized spacial score (nSPS) is 20.7. The zero-order valence-corrected chi connectivity index (χ0v) is 13.2. The number of carbonyl (C=O) groups is 1. The highest BCUT2D eigenvalue weighted by molar-refractivity contribution is 5.96. The Labute approximate surface area is 134 Å². The van der Waals surface area contributed by atoms with Crippen LogP contribution in [0.25, 0.3) is 0 Å². The predicted octanol–water partition coefficient (Wildman–Crippen LogP) is 0.559. The number of rotatable bonds is 3. The standard InChI is InChI=1S/C16H19N5O2/c1-10-15(11(2)20-9-19-10)16(23)21-7-12(14(22)8-21)5-13-6-17-3-4-18-13/h3-4,6,9,12,14,22H,5,7-8H2,1-2H3/t12-,14-/m1/s1. The first kappa shape index (κ1) is 15.5. The first-order valence-electron chi connectivity index (χ1n) is 7.56. The maximum atomic E-state index is 12.7. The second-order valence-electron chi connectivity index (χ2n) is 5.86. The van der Waals surface area contributed by atoms with Crippen molar-refractivity contribution >= 4 is 5.91 Å². The van der Waals surface area contributed by atoms with Crippen LogP contribution >= 0.6 is 0 Å². The van der Waals surface area contributed by atoms with E-state index < -0.39 is 6.10 Å². The van der Waals surface area contributed by atoms with Crippen molar-refractivity contribution in [2.75, 3.05) is 13.1 Å². The molecule has 2 aromatic rings. The molecule has 1 aliphatic rings. The molecule has 2 atom stereocenters. The Balaban J connectivity index is 1.74. The van der Waals surface area contributed by atoms with Gasteiger partial charge in [0, 0.05) is 37.6 Å². The van der Waals surface area contributed by atoms with Crippen molar-refractivity contribution in [3.63, 3.8) is 0 Å². The van der Waals surface area contributed by atoms with Gasteiger partial charge in [-0.1, -0.05) is 0 Å². The Morgan fingerprint density at radius 2 is 1.96 bits per heavy atom. The molecule has 1 amide bonds. The Bertz CT molecular complexity index is 687. The quantitative estimate of drug-likeness (QED) is 0.890. The number of aromatic nitrogens is 4. The van der Waals surface area contributed by atoms with Crippen molar-refractivity contribution in [2.24, 2.45) is 5.92 Å². The van der Waals surface area contributed by atoms with Crippen molar-refractivity contribution in [2.45, 2.75) is 26.4 Å². The summed E-state index contributed by atoms with van der Waals surface area (Å²) in [6.07, 6.45) is 6.43. The van der Waals surface area contributed by atoms with Gasteiger partial charge in [-0.15, -0.1) is 0 Å². The predicted molar refractivity (Wildman–Crippen MR) is 82.6 cm³/mol. The van der Waals surface area contributed by atoms with E-state index in [1.54, 1.807) is 37.3 Å². The lowest BCUT2D eigenvalue weighted by Gasteiger charge is -2.18. The third kappa shape index (κ3) is 3.19. The van der Waals surface area contributed by atoms with Crippen LogP contribution in [0.3, 0.4) is 0 Å². The van der Waals surface area contributed by atoms with Crippen LogP contribution in [0.4, 0.5) is 0 Å². The summed E-state index contributed by atoms with van der Waals surface area (Å²) in [5, 5.41) is 10.3. The second-order valence-corrected chi connectivity index (χ2v) is 5.86. The van der Waals surface area contributed by atoms with Gasteiger partial charge in [-0.25, -0.2) is 9.97 Å². The van der Waals surface area contributed by atoms with Gasteiger partial charge in [0.15, 0.2) is 0 Å². The van der Waals surface area contributed by atoms with Crippen molar-refractivity contribution in [1.29, 1.82) is 0 Å². The van der Waals surface area contributed by atoms with Crippen LogP contribution in [0.2, 0.25) is 0 Å². The van der Waals surface area contributed by atoms with Crippen LogP contribution in [0, 0.1) is 19.8 Å². The molecule has 7 nitrogen and oxygen atoms in total. The molecular weight excluding hydrogens is 294 g/mol. The van der Waals surface area contributed by atoms with E-state index in [-0.39, 0.29) is 11.8 Å². The molecule has 1 aliphatic heterocycles. The summed E-state index contributed by atoms with van der Waals surface area (Å²) < 4.78 is 0. The minimum Gasteiger partial charge on any atom is -0.391 e. The Morgan fingerprint density at radius 3 is 2.61 bits per heavy atom. The fourth-order valence-electron chi connectivity index (χ4n) is 2.99. The average Bonchev–Trinajstić information content (AvgIpc) is 2.89. The average molecular weight is 313 g/mol. The molecule has 0 saturated carbocycles. The molecule has 23 heavy (non-hydrogen) atoms. The van der Waals surface area contributed by atoms with Crippen LogP contribution < -0.4 is 0 Å². The lowest BCUT2D eigenvalue weighted by molar-refractivity contribution is 0.0762. The number of amides is 1. The third-order valence-electron chi connectivity index (χ3n) is 4.22. The van der Waals surface area contributed by atoms with Crippen LogP contribution in [-0.4, -0.2) is 55.0 Å². The minimum absolute atomic E-state index is 0.0408. The molecule has 1 N–H and O–H groups in total. The van der Waals surface area contributed by atoms with Crippen LogP contribution in [0.15, 0.2) is 24.9 Å². The number of hydrogen-bond donors (Lipinski definition) is 1. The SMILES string of the molecule is Cc1ncnc(C)c1C(=O)N1C[C@@H](Cc2cnccn2)[C@H](O)C1. The molecule has 0 spiro atoms. The van der Waals surface area contributed by atoms with E-state index in [2.05, 4.69) is 19.9 Å². The summed E-state index contributed by atoms with van der Waals surface area (Å²) >= 11 is 0. The van der Waals surface area contributed by atoms with E-state index in [1.807, 2.05) is 0 Å². The van der Waals surface area contributed by atoms with E-state index in [1.165, 1.54) is 6.33 Å². The molecule has 120 valence electrons. The van der Waals surface area contributed by atoms with Gasteiger partial charge < -0.3 is 10.0 Å². The minimum atomic E-state index is -0.564. The summed E-state index contributed by atoms with van der Waals surface area (Å²) in [7, 11) is 0. The van der Waals surface area contributed by atoms with Gasteiger partial charge in [0.25, 0.3) is 5.91 Å². The number of β-amino-alcohol motifs (C(OH)–C–C–N with tert-alkyl or cyclic N) is 1. The maximum Gasteiger partial charge on any atom is 0.257 e. The highest BCUT2D eigenvalue weighted by Crippen LogP contribution is 2.23. The van der Waals surface area contributed by atoms with Crippen molar-refractivity contribution in [3.05, 3.63) is 47.6 Å². The van der Waals surface area contributed by atoms with E-state index >= 15 is 0 Å². The number of aliphatic hydroxyl groups excluding tert-OH is 1. The molecule has 7 heteroatoms. The van der Waals surface area contributed by atoms with E-state index in [4.69, 9.17) is 0 Å². The van der Waals surface area contributed by atoms with Crippen molar-refractivity contribution in [3.8, 4) is 0 Å². The largest absolute Gasteiger partial charge is 0.391 e. The Morgan fingerprint density at radius 1 is 1.22 bits per heavy atom. The van der Waals surface area contributed by atoms with Gasteiger partial charge in [0.2, 0.25) is 0 Å². The molecular formula is C16H19N5O2. The van der Waals surface area contributed by atoms with Crippen molar-refractivity contribution < 1.29 is 9.90 Å². The van der Waals surface area contributed by atoms with E-state index in [0.29, 0.717) is 36.5 Å². The lowest BCUT2D eigenvalue weighted by atomic mass is 10.0. The summed E-state index contributed by atoms with van der Waals surface area (Å²) in [5.41, 5.74) is 2.67. The Hall–Kier alpha value is -2.41. The summed E-state index contributed by atoms with van der Waals surface area (Å²) in [5.74, 6) is -0.165. The van der Waals surface area contributed by atoms with Gasteiger partial charge >= 0.3 is 0 Å². The molecule has 1 saturated heterocycles. The first-order valence-corrected chi connectivity index (χ1v) is 7.56. The third-order valence-corrected chi connectivity index (χ3v) is 4.22. The van der Waals surface area contributed by atoms with E-state index in [0.717, 1.165) is 5.69 Å². The first-order chi connectivity index (χ1) is 11.1. The zero-order chi connectivity index (χ0) is 16.4. The van der Waals surface area contributed by atoms with Crippen LogP contribution in [-0.2, 0) is 6.42 Å². The van der Waals surface area contributed by atoms with Gasteiger partial charge in [0.05, 0.1) is 28.7 Å². The number of aliphatic hydroxyl groups is 1. The van der Waals surface area contributed by atoms with Gasteiger partial charge in [-0.05, 0) is 20.3 Å². The fraction of sp³-hybridized carbons (Fsp3) is 0.438. The number of aryl methyl sites for hydroxylation is 2. The smallest absolute Gasteiger partial charge is 0.257 e. The van der Waals surface area contributed by atoms with Gasteiger partial charge in [0.1, 0.15) is 6.33 Å². The summed E-state index contributed by atoms with van der Waals surface area (Å²) in [4.78, 5) is 30.9. The Kier molecular flexibility index (Phi) is 4.29. The summed E-state index contributed by atoms with van der Waals surface area (Å²) in [6.45, 7) is 4.40. The molecule has 0 bridgehead atoms. The van der Waals surface area contributed by atoms with E-state index in [9.17, 15) is 9.90 Å². The molecule has 0 radical (unpaired) electrons.